The highest BCUT2D eigenvalue weighted by Gasteiger charge is 2.23. The van der Waals surface area contributed by atoms with Crippen LogP contribution in [0.1, 0.15) is 9.67 Å². The molecule has 2 aromatic rings. The summed E-state index contributed by atoms with van der Waals surface area (Å²) in [6, 6.07) is 3.86. The van der Waals surface area contributed by atoms with Gasteiger partial charge in [-0.15, -0.1) is 11.3 Å². The van der Waals surface area contributed by atoms with Gasteiger partial charge in [0.1, 0.15) is 5.01 Å². The van der Waals surface area contributed by atoms with E-state index in [1.54, 1.807) is 7.05 Å². The average molecular weight is 281 g/mol. The molecule has 2 aromatic heterocycles. The Morgan fingerprint density at radius 2 is 2.21 bits per heavy atom. The molecule has 0 radical (unpaired) electrons. The van der Waals surface area contributed by atoms with E-state index < -0.39 is 0 Å². The van der Waals surface area contributed by atoms with Gasteiger partial charge in [0.05, 0.1) is 19.9 Å². The first kappa shape index (κ1) is 13.6. The highest BCUT2D eigenvalue weighted by atomic mass is 32.1. The number of nitrogens with zero attached hydrogens (tertiary/aromatic N) is 3. The number of hydrogen-bond donors (Lipinski definition) is 0. The van der Waals surface area contributed by atoms with Gasteiger partial charge in [0.15, 0.2) is 4.88 Å². The minimum Gasteiger partial charge on any atom is -0.480 e. The molecule has 0 aliphatic rings. The van der Waals surface area contributed by atoms with Gasteiger partial charge in [-0.2, -0.15) is 4.98 Å². The second-order valence-electron chi connectivity index (χ2n) is 3.85. The molecule has 0 fully saturated rings. The van der Waals surface area contributed by atoms with Crippen molar-refractivity contribution < 1.29 is 14.4 Å². The second kappa shape index (κ2) is 5.41. The van der Waals surface area contributed by atoms with Crippen LogP contribution in [0, 0.1) is 0 Å². The molecule has 0 atom stereocenters. The van der Waals surface area contributed by atoms with Crippen LogP contribution in [0.15, 0.2) is 18.3 Å². The van der Waals surface area contributed by atoms with E-state index in [-0.39, 0.29) is 5.91 Å². The minimum absolute atomic E-state index is 0.280. The largest absolute Gasteiger partial charge is 0.480 e. The predicted octanol–water partition coefficient (Wildman–Crippen LogP) is 1.79. The molecule has 0 bridgehead atoms. The number of methoxy groups -OCH3 is 1. The molecule has 0 unspecified atom stereocenters. The Morgan fingerprint density at radius 1 is 1.47 bits per heavy atom. The lowest BCUT2D eigenvalue weighted by molar-refractivity contribution is -0.0755. The van der Waals surface area contributed by atoms with Crippen molar-refractivity contribution in [3.63, 3.8) is 0 Å². The summed E-state index contributed by atoms with van der Waals surface area (Å²) >= 11 is 1.28. The molecule has 0 saturated heterocycles. The van der Waals surface area contributed by atoms with Crippen molar-refractivity contribution >= 4 is 17.2 Å². The van der Waals surface area contributed by atoms with Gasteiger partial charge in [-0.25, -0.2) is 5.06 Å². The van der Waals surface area contributed by atoms with Gasteiger partial charge in [-0.3, -0.25) is 9.63 Å². The van der Waals surface area contributed by atoms with Crippen molar-refractivity contribution in [2.24, 2.45) is 7.05 Å². The zero-order valence-electron chi connectivity index (χ0n) is 11.2. The number of rotatable bonds is 4. The van der Waals surface area contributed by atoms with Crippen LogP contribution in [0.5, 0.6) is 5.88 Å². The van der Waals surface area contributed by atoms with Crippen LogP contribution in [0.3, 0.4) is 0 Å². The molecule has 0 saturated carbocycles. The van der Waals surface area contributed by atoms with Crippen LogP contribution in [0.25, 0.3) is 10.7 Å². The van der Waals surface area contributed by atoms with E-state index in [1.807, 2.05) is 29.9 Å². The Balaban J connectivity index is 2.43. The molecule has 19 heavy (non-hydrogen) atoms. The number of aryl methyl sites for hydroxylation is 1. The molecule has 2 rings (SSSR count). The van der Waals surface area contributed by atoms with Crippen LogP contribution < -0.4 is 4.74 Å². The maximum Gasteiger partial charge on any atom is 0.292 e. The number of thiazole rings is 1. The first-order valence-electron chi connectivity index (χ1n) is 5.57. The Morgan fingerprint density at radius 3 is 2.74 bits per heavy atom. The van der Waals surface area contributed by atoms with Crippen LogP contribution in [0.2, 0.25) is 0 Å². The van der Waals surface area contributed by atoms with Crippen LogP contribution >= 0.6 is 11.3 Å². The lowest BCUT2D eigenvalue weighted by Gasteiger charge is -2.12. The average Bonchev–Trinajstić information content (AvgIpc) is 3.02. The second-order valence-corrected chi connectivity index (χ2v) is 4.85. The molecule has 1 amide bonds. The molecule has 102 valence electrons. The predicted molar refractivity (Wildman–Crippen MR) is 72.2 cm³/mol. The highest BCUT2D eigenvalue weighted by molar-refractivity contribution is 7.17. The Kier molecular flexibility index (Phi) is 3.87. The Bertz CT molecular complexity index is 591. The molecule has 6 nitrogen and oxygen atoms in total. The highest BCUT2D eigenvalue weighted by Crippen LogP contribution is 2.33. The van der Waals surface area contributed by atoms with Gasteiger partial charge in [0.25, 0.3) is 5.91 Å². The fraction of sp³-hybridized carbons (Fsp3) is 0.333. The standard InChI is InChI=1S/C12H15N3O3S/c1-14-7-5-6-8(14)11-13-10(17-3)9(19-11)12(16)15(2)18-4/h5-7H,1-4H3. The minimum atomic E-state index is -0.280. The summed E-state index contributed by atoms with van der Waals surface area (Å²) in [7, 11) is 6.40. The topological polar surface area (TPSA) is 56.6 Å². The summed E-state index contributed by atoms with van der Waals surface area (Å²) in [5.74, 6) is 0.0346. The number of aromatic nitrogens is 2. The van der Waals surface area contributed by atoms with E-state index in [9.17, 15) is 4.79 Å². The van der Waals surface area contributed by atoms with E-state index in [4.69, 9.17) is 9.57 Å². The third kappa shape index (κ3) is 2.47. The number of hydrogen-bond acceptors (Lipinski definition) is 5. The quantitative estimate of drug-likeness (QED) is 0.802. The van der Waals surface area contributed by atoms with Crippen LogP contribution in [0.4, 0.5) is 0 Å². The van der Waals surface area contributed by atoms with Gasteiger partial charge >= 0.3 is 0 Å². The fourth-order valence-corrected chi connectivity index (χ4v) is 2.67. The summed E-state index contributed by atoms with van der Waals surface area (Å²) in [6.07, 6.45) is 1.92. The van der Waals surface area contributed by atoms with Crippen molar-refractivity contribution in [2.75, 3.05) is 21.3 Å². The summed E-state index contributed by atoms with van der Waals surface area (Å²) in [6.45, 7) is 0. The lowest BCUT2D eigenvalue weighted by Crippen LogP contribution is -2.24. The van der Waals surface area contributed by atoms with Crippen molar-refractivity contribution in [3.8, 4) is 16.6 Å². The van der Waals surface area contributed by atoms with Crippen LogP contribution in [-0.4, -0.2) is 41.8 Å². The Hall–Kier alpha value is -1.86. The summed E-state index contributed by atoms with van der Waals surface area (Å²) in [4.78, 5) is 21.8. The molecule has 0 aliphatic heterocycles. The smallest absolute Gasteiger partial charge is 0.292 e. The van der Waals surface area contributed by atoms with Crippen LogP contribution in [-0.2, 0) is 11.9 Å². The fourth-order valence-electron chi connectivity index (χ4n) is 1.60. The summed E-state index contributed by atoms with van der Waals surface area (Å²) in [5, 5.41) is 1.88. The van der Waals surface area contributed by atoms with E-state index in [0.29, 0.717) is 10.8 Å². The first-order valence-corrected chi connectivity index (χ1v) is 6.38. The van der Waals surface area contributed by atoms with E-state index in [2.05, 4.69) is 4.98 Å². The lowest BCUT2D eigenvalue weighted by atomic mass is 10.4. The van der Waals surface area contributed by atoms with E-state index >= 15 is 0 Å². The first-order chi connectivity index (χ1) is 9.08. The molecule has 0 spiro atoms. The number of amides is 1. The van der Waals surface area contributed by atoms with Gasteiger partial charge in [-0.1, -0.05) is 0 Å². The maximum atomic E-state index is 12.1. The number of carbonyl (C=O) groups is 1. The van der Waals surface area contributed by atoms with Gasteiger partial charge in [-0.05, 0) is 12.1 Å². The Labute approximate surface area is 115 Å². The van der Waals surface area contributed by atoms with Gasteiger partial charge in [0, 0.05) is 20.3 Å². The molecule has 0 N–H and O–H groups in total. The third-order valence-electron chi connectivity index (χ3n) is 2.71. The molecular formula is C12H15N3O3S. The van der Waals surface area contributed by atoms with Crippen molar-refractivity contribution in [1.29, 1.82) is 0 Å². The van der Waals surface area contributed by atoms with Gasteiger partial charge < -0.3 is 9.30 Å². The summed E-state index contributed by atoms with van der Waals surface area (Å²) in [5.41, 5.74) is 0.933. The molecule has 2 heterocycles. The third-order valence-corrected chi connectivity index (χ3v) is 3.75. The van der Waals surface area contributed by atoms with E-state index in [1.165, 1.54) is 25.6 Å². The number of carbonyl (C=O) groups excluding carboxylic acids is 1. The molecule has 0 aliphatic carbocycles. The maximum absolute atomic E-state index is 12.1. The molecule has 7 heteroatoms. The molecular weight excluding hydrogens is 266 g/mol. The number of hydroxylamine groups is 2. The van der Waals surface area contributed by atoms with Crippen molar-refractivity contribution in [3.05, 3.63) is 23.2 Å². The zero-order chi connectivity index (χ0) is 14.0. The van der Waals surface area contributed by atoms with Gasteiger partial charge in [0.2, 0.25) is 5.88 Å². The SMILES string of the molecule is COc1nc(-c2cccn2C)sc1C(=O)N(C)OC. The summed E-state index contributed by atoms with van der Waals surface area (Å²) < 4.78 is 7.10. The number of ether oxygens (including phenoxy) is 1. The molecule has 0 aromatic carbocycles. The van der Waals surface area contributed by atoms with Crippen molar-refractivity contribution in [2.45, 2.75) is 0 Å². The normalized spacial score (nSPS) is 10.5. The zero-order valence-corrected chi connectivity index (χ0v) is 12.0. The van der Waals surface area contributed by atoms with E-state index in [0.717, 1.165) is 15.8 Å². The van der Waals surface area contributed by atoms with Crippen molar-refractivity contribution in [1.82, 2.24) is 14.6 Å². The monoisotopic (exact) mass is 281 g/mol.